The molecule has 31 heavy (non-hydrogen) atoms. The molecular formula is C26H24NO2PSe. The molecule has 1 fully saturated rings. The predicted octanol–water partition coefficient (Wildman–Crippen LogP) is 7.15. The quantitative estimate of drug-likeness (QED) is 0.208. The van der Waals surface area contributed by atoms with Crippen molar-refractivity contribution in [2.24, 2.45) is 0 Å². The second-order valence-corrected chi connectivity index (χ2v) is 13.2. The zero-order chi connectivity index (χ0) is 21.0. The molecule has 4 aromatic rings. The first-order valence-corrected chi connectivity index (χ1v) is 14.7. The molecule has 2 heterocycles. The van der Waals surface area contributed by atoms with E-state index in [9.17, 15) is 0 Å². The first kappa shape index (κ1) is 19.6. The van der Waals surface area contributed by atoms with Crippen LogP contribution in [0, 0.1) is 0 Å². The van der Waals surface area contributed by atoms with E-state index < -0.39 is 6.11 Å². The van der Waals surface area contributed by atoms with Gasteiger partial charge in [0.05, 0.1) is 0 Å². The number of nitrogens with zero attached hydrogens (tertiary/aromatic N) is 1. The van der Waals surface area contributed by atoms with Crippen LogP contribution in [0.3, 0.4) is 0 Å². The fourth-order valence-corrected chi connectivity index (χ4v) is 9.56. The van der Waals surface area contributed by atoms with E-state index in [1.807, 2.05) is 0 Å². The number of hydrogen-bond donors (Lipinski definition) is 0. The van der Waals surface area contributed by atoms with Gasteiger partial charge in [0, 0.05) is 0 Å². The fourth-order valence-electron chi connectivity index (χ4n) is 4.99. The van der Waals surface area contributed by atoms with Crippen LogP contribution in [-0.2, 0) is 0 Å². The number of rotatable bonds is 1. The van der Waals surface area contributed by atoms with E-state index in [0.717, 1.165) is 29.2 Å². The van der Waals surface area contributed by atoms with Gasteiger partial charge in [-0.15, -0.1) is 0 Å². The molecule has 0 aromatic heterocycles. The molecule has 0 bridgehead atoms. The van der Waals surface area contributed by atoms with Crippen LogP contribution in [0.5, 0.6) is 11.5 Å². The van der Waals surface area contributed by atoms with Crippen molar-refractivity contribution in [2.45, 2.75) is 32.2 Å². The van der Waals surface area contributed by atoms with Gasteiger partial charge in [-0.2, -0.15) is 0 Å². The van der Waals surface area contributed by atoms with E-state index in [2.05, 4.69) is 99.5 Å². The Labute approximate surface area is 190 Å². The van der Waals surface area contributed by atoms with Gasteiger partial charge in [-0.05, 0) is 0 Å². The maximum absolute atomic E-state index is 6.85. The summed E-state index contributed by atoms with van der Waals surface area (Å²) in [5.41, 5.74) is 2.26. The molecule has 1 unspecified atom stereocenters. The Bertz CT molecular complexity index is 1280. The van der Waals surface area contributed by atoms with Gasteiger partial charge in [-0.25, -0.2) is 0 Å². The van der Waals surface area contributed by atoms with Crippen LogP contribution in [0.1, 0.15) is 26.2 Å². The second-order valence-electron chi connectivity index (χ2n) is 8.48. The molecule has 0 amide bonds. The third-order valence-corrected chi connectivity index (χ3v) is 10.9. The molecule has 156 valence electrons. The van der Waals surface area contributed by atoms with Gasteiger partial charge < -0.3 is 0 Å². The average molecular weight is 492 g/mol. The van der Waals surface area contributed by atoms with Gasteiger partial charge >= 0.3 is 191 Å². The molecule has 0 spiro atoms. The number of piperidine rings is 1. The van der Waals surface area contributed by atoms with Crippen LogP contribution in [-0.4, -0.2) is 32.4 Å². The van der Waals surface area contributed by atoms with Gasteiger partial charge in [0.2, 0.25) is 0 Å². The normalized spacial score (nSPS) is 20.4. The van der Waals surface area contributed by atoms with Crippen LogP contribution in [0.15, 0.2) is 72.8 Å². The van der Waals surface area contributed by atoms with Crippen LogP contribution in [0.4, 0.5) is 0 Å². The Kier molecular flexibility index (Phi) is 4.74. The van der Waals surface area contributed by atoms with Crippen molar-refractivity contribution >= 4 is 42.8 Å². The van der Waals surface area contributed by atoms with E-state index >= 15 is 0 Å². The van der Waals surface area contributed by atoms with Crippen LogP contribution < -0.4 is 9.05 Å². The van der Waals surface area contributed by atoms with Crippen molar-refractivity contribution < 1.29 is 9.05 Å². The van der Waals surface area contributed by atoms with Gasteiger partial charge in [-0.1, -0.05) is 0 Å². The van der Waals surface area contributed by atoms with E-state index in [-0.39, 0.29) is 0 Å². The van der Waals surface area contributed by atoms with Gasteiger partial charge in [-0.3, -0.25) is 0 Å². The molecule has 6 rings (SSSR count). The minimum atomic E-state index is -2.45. The molecule has 1 saturated heterocycles. The van der Waals surface area contributed by atoms with E-state index in [1.54, 1.807) is 0 Å². The topological polar surface area (TPSA) is 21.7 Å². The van der Waals surface area contributed by atoms with Crippen molar-refractivity contribution in [3.8, 4) is 22.6 Å². The molecule has 0 radical (unpaired) electrons. The Balaban J connectivity index is 1.68. The third kappa shape index (κ3) is 3.17. The van der Waals surface area contributed by atoms with Crippen molar-refractivity contribution in [2.75, 3.05) is 6.54 Å². The van der Waals surface area contributed by atoms with Crippen molar-refractivity contribution in [1.82, 2.24) is 4.67 Å². The van der Waals surface area contributed by atoms with Gasteiger partial charge in [0.15, 0.2) is 0 Å². The Morgan fingerprint density at radius 1 is 0.774 bits per heavy atom. The molecular weight excluding hydrogens is 468 g/mol. The second kappa shape index (κ2) is 7.50. The molecule has 1 atom stereocenters. The number of fused-ring (bicyclic) bond motifs is 7. The zero-order valence-electron chi connectivity index (χ0n) is 17.5. The first-order chi connectivity index (χ1) is 15.1. The summed E-state index contributed by atoms with van der Waals surface area (Å²) in [7, 11) is 0. The summed E-state index contributed by atoms with van der Waals surface area (Å²) < 4.78 is 16.2. The molecule has 3 nitrogen and oxygen atoms in total. The number of benzene rings is 4. The number of hydrogen-bond acceptors (Lipinski definition) is 3. The summed E-state index contributed by atoms with van der Waals surface area (Å²) in [4.78, 5) is 0. The Morgan fingerprint density at radius 3 is 1.87 bits per heavy atom. The predicted molar refractivity (Wildman–Crippen MR) is 131 cm³/mol. The average Bonchev–Trinajstić information content (AvgIpc) is 2.93. The van der Waals surface area contributed by atoms with Crippen molar-refractivity contribution in [3.05, 3.63) is 72.8 Å². The standard InChI is InChI=1S/C26H24NO2PSe/c1-18-8-6-7-17-27(18)30(31)28-23-15-13-19-9-2-4-11-21(19)25(23)26-22-12-5-3-10-20(22)14-16-24(26)29-30/h2-5,9-16,18H,6-8,17H2,1H3. The summed E-state index contributed by atoms with van der Waals surface area (Å²) in [6.07, 6.45) is 1.16. The van der Waals surface area contributed by atoms with Crippen LogP contribution in [0.2, 0.25) is 0 Å². The molecule has 0 saturated carbocycles. The van der Waals surface area contributed by atoms with Crippen molar-refractivity contribution in [1.29, 1.82) is 0 Å². The summed E-state index contributed by atoms with van der Waals surface area (Å²) in [5.74, 6) is 1.80. The molecule has 2 aliphatic rings. The first-order valence-electron chi connectivity index (χ1n) is 10.9. The maximum atomic E-state index is 6.85. The van der Waals surface area contributed by atoms with Crippen LogP contribution >= 0.6 is 6.11 Å². The Hall–Kier alpha value is -2.09. The van der Waals surface area contributed by atoms with E-state index in [0.29, 0.717) is 6.04 Å². The third-order valence-electron chi connectivity index (χ3n) is 6.54. The summed E-state index contributed by atoms with van der Waals surface area (Å²) in [5, 5.41) is 4.81. The fraction of sp³-hybridized carbons (Fsp3) is 0.231. The minimum absolute atomic E-state index is 0.425. The summed E-state index contributed by atoms with van der Waals surface area (Å²) >= 11 is 3.40. The molecule has 2 aliphatic heterocycles. The van der Waals surface area contributed by atoms with E-state index in [4.69, 9.17) is 9.05 Å². The molecule has 4 aromatic carbocycles. The monoisotopic (exact) mass is 493 g/mol. The molecule has 0 N–H and O–H groups in total. The molecule has 0 aliphatic carbocycles. The van der Waals surface area contributed by atoms with Gasteiger partial charge in [0.25, 0.3) is 0 Å². The van der Waals surface area contributed by atoms with Gasteiger partial charge in [0.1, 0.15) is 0 Å². The zero-order valence-corrected chi connectivity index (χ0v) is 20.1. The SMILES string of the molecule is CC1CCCCN1P1(=[Se])Oc2ccc3ccccc3c2-c2c(ccc3ccccc23)O1. The Morgan fingerprint density at radius 2 is 1.32 bits per heavy atom. The summed E-state index contributed by atoms with van der Waals surface area (Å²) in [6, 6.07) is 26.1. The summed E-state index contributed by atoms with van der Waals surface area (Å²) in [6.45, 7) is 3.28. The molecule has 5 heteroatoms. The van der Waals surface area contributed by atoms with E-state index in [1.165, 1.54) is 40.8 Å². The van der Waals surface area contributed by atoms with Crippen LogP contribution in [0.25, 0.3) is 32.7 Å². The van der Waals surface area contributed by atoms with Crippen molar-refractivity contribution in [3.63, 3.8) is 0 Å².